The van der Waals surface area contributed by atoms with E-state index in [-0.39, 0.29) is 5.97 Å². The molecule has 0 unspecified atom stereocenters. The smallest absolute Gasteiger partial charge is 0.348 e. The van der Waals surface area contributed by atoms with Crippen molar-refractivity contribution in [3.8, 4) is 0 Å². The molecule has 0 atom stereocenters. The fourth-order valence-electron chi connectivity index (χ4n) is 1.28. The SMILES string of the molecule is COC(=O)c1cc2c(N)cccc2s1. The molecule has 0 saturated carbocycles. The fraction of sp³-hybridized carbons (Fsp3) is 0.100. The number of thiophene rings is 1. The van der Waals surface area contributed by atoms with Crippen molar-refractivity contribution in [1.82, 2.24) is 0 Å². The van der Waals surface area contributed by atoms with Crippen molar-refractivity contribution < 1.29 is 9.53 Å². The number of hydrogen-bond acceptors (Lipinski definition) is 4. The number of nitrogen functional groups attached to an aromatic ring is 1. The van der Waals surface area contributed by atoms with E-state index in [1.165, 1.54) is 18.4 Å². The predicted octanol–water partition coefficient (Wildman–Crippen LogP) is 2.27. The van der Waals surface area contributed by atoms with Gasteiger partial charge in [-0.3, -0.25) is 0 Å². The first-order chi connectivity index (χ1) is 6.72. The average molecular weight is 207 g/mol. The van der Waals surface area contributed by atoms with Gasteiger partial charge in [-0.1, -0.05) is 6.07 Å². The van der Waals surface area contributed by atoms with E-state index in [1.807, 2.05) is 18.2 Å². The van der Waals surface area contributed by atoms with Gasteiger partial charge >= 0.3 is 5.97 Å². The van der Waals surface area contributed by atoms with E-state index in [0.717, 1.165) is 10.1 Å². The van der Waals surface area contributed by atoms with Crippen LogP contribution in [-0.4, -0.2) is 13.1 Å². The second-order valence-electron chi connectivity index (χ2n) is 2.86. The largest absolute Gasteiger partial charge is 0.465 e. The zero-order valence-electron chi connectivity index (χ0n) is 7.61. The zero-order valence-corrected chi connectivity index (χ0v) is 8.43. The van der Waals surface area contributed by atoms with Crippen molar-refractivity contribution in [3.63, 3.8) is 0 Å². The molecule has 0 radical (unpaired) electrons. The first-order valence-electron chi connectivity index (χ1n) is 4.08. The summed E-state index contributed by atoms with van der Waals surface area (Å²) >= 11 is 1.39. The van der Waals surface area contributed by atoms with E-state index >= 15 is 0 Å². The number of hydrogen-bond donors (Lipinski definition) is 1. The van der Waals surface area contributed by atoms with Crippen LogP contribution < -0.4 is 5.73 Å². The number of carbonyl (C=O) groups excluding carboxylic acids is 1. The van der Waals surface area contributed by atoms with Crippen molar-refractivity contribution in [2.75, 3.05) is 12.8 Å². The van der Waals surface area contributed by atoms with Crippen LogP contribution in [0.2, 0.25) is 0 Å². The van der Waals surface area contributed by atoms with Crippen molar-refractivity contribution in [1.29, 1.82) is 0 Å². The summed E-state index contributed by atoms with van der Waals surface area (Å²) in [5, 5.41) is 0.915. The summed E-state index contributed by atoms with van der Waals surface area (Å²) in [4.78, 5) is 11.8. The Kier molecular flexibility index (Phi) is 2.13. The zero-order chi connectivity index (χ0) is 10.1. The van der Waals surface area contributed by atoms with E-state index in [1.54, 1.807) is 6.07 Å². The van der Waals surface area contributed by atoms with Gasteiger partial charge in [0.25, 0.3) is 0 Å². The molecule has 2 rings (SSSR count). The van der Waals surface area contributed by atoms with Crippen molar-refractivity contribution in [2.24, 2.45) is 0 Å². The summed E-state index contributed by atoms with van der Waals surface area (Å²) in [5.74, 6) is -0.314. The molecule has 0 fully saturated rings. The second-order valence-corrected chi connectivity index (χ2v) is 3.95. The van der Waals surface area contributed by atoms with Crippen molar-refractivity contribution in [2.45, 2.75) is 0 Å². The Hall–Kier alpha value is -1.55. The predicted molar refractivity (Wildman–Crippen MR) is 57.6 cm³/mol. The third-order valence-corrected chi connectivity index (χ3v) is 3.06. The summed E-state index contributed by atoms with van der Waals surface area (Å²) in [7, 11) is 1.37. The summed E-state index contributed by atoms with van der Waals surface area (Å²) in [6.07, 6.45) is 0. The van der Waals surface area contributed by atoms with Crippen molar-refractivity contribution in [3.05, 3.63) is 29.1 Å². The van der Waals surface area contributed by atoms with Gasteiger partial charge < -0.3 is 10.5 Å². The highest BCUT2D eigenvalue weighted by Crippen LogP contribution is 2.29. The number of anilines is 1. The Labute approximate surface area is 85.1 Å². The molecule has 0 saturated heterocycles. The maximum Gasteiger partial charge on any atom is 0.348 e. The lowest BCUT2D eigenvalue weighted by molar-refractivity contribution is 0.0606. The molecule has 0 aliphatic carbocycles. The molecule has 0 spiro atoms. The molecule has 0 aliphatic rings. The molecule has 2 N–H and O–H groups in total. The first kappa shape index (κ1) is 9.02. The lowest BCUT2D eigenvalue weighted by atomic mass is 10.2. The third-order valence-electron chi connectivity index (χ3n) is 1.98. The van der Waals surface area contributed by atoms with Gasteiger partial charge in [-0.15, -0.1) is 11.3 Å². The monoisotopic (exact) mass is 207 g/mol. The minimum Gasteiger partial charge on any atom is -0.465 e. The lowest BCUT2D eigenvalue weighted by Gasteiger charge is -1.92. The summed E-state index contributed by atoms with van der Waals surface area (Å²) in [5.41, 5.74) is 6.45. The first-order valence-corrected chi connectivity index (χ1v) is 4.90. The summed E-state index contributed by atoms with van der Waals surface area (Å²) in [6, 6.07) is 7.38. The van der Waals surface area contributed by atoms with Crippen LogP contribution in [0.3, 0.4) is 0 Å². The van der Waals surface area contributed by atoms with Gasteiger partial charge in [0.1, 0.15) is 4.88 Å². The van der Waals surface area contributed by atoms with Crippen molar-refractivity contribution >= 4 is 33.1 Å². The van der Waals surface area contributed by atoms with Gasteiger partial charge in [0.15, 0.2) is 0 Å². The number of carbonyl (C=O) groups is 1. The van der Waals surface area contributed by atoms with Crippen LogP contribution in [0.5, 0.6) is 0 Å². The summed E-state index contributed by atoms with van der Waals surface area (Å²) < 4.78 is 5.64. The van der Waals surface area contributed by atoms with E-state index < -0.39 is 0 Å². The fourth-order valence-corrected chi connectivity index (χ4v) is 2.30. The van der Waals surface area contributed by atoms with Crippen LogP contribution in [0.1, 0.15) is 9.67 Å². The lowest BCUT2D eigenvalue weighted by Crippen LogP contribution is -1.96. The third kappa shape index (κ3) is 1.33. The maximum absolute atomic E-state index is 11.2. The van der Waals surface area contributed by atoms with Gasteiger partial charge in [-0.05, 0) is 18.2 Å². The number of fused-ring (bicyclic) bond motifs is 1. The van der Waals surface area contributed by atoms with Crippen LogP contribution in [0.4, 0.5) is 5.69 Å². The Morgan fingerprint density at radius 1 is 1.50 bits per heavy atom. The second kappa shape index (κ2) is 3.31. The molecule has 0 amide bonds. The topological polar surface area (TPSA) is 52.3 Å². The molecule has 0 aliphatic heterocycles. The highest BCUT2D eigenvalue weighted by molar-refractivity contribution is 7.20. The molecule has 3 nitrogen and oxygen atoms in total. The molecule has 1 aromatic carbocycles. The number of rotatable bonds is 1. The number of ether oxygens (including phenoxy) is 1. The standard InChI is InChI=1S/C10H9NO2S/c1-13-10(12)9-5-6-7(11)3-2-4-8(6)14-9/h2-5H,11H2,1H3. The molecule has 72 valence electrons. The van der Waals surface area contributed by atoms with E-state index in [4.69, 9.17) is 5.73 Å². The highest BCUT2D eigenvalue weighted by Gasteiger charge is 2.10. The number of benzene rings is 1. The molecule has 1 heterocycles. The Bertz CT molecular complexity index is 490. The Morgan fingerprint density at radius 2 is 2.29 bits per heavy atom. The summed E-state index contributed by atoms with van der Waals surface area (Å²) in [6.45, 7) is 0. The van der Waals surface area contributed by atoms with Gasteiger partial charge in [-0.2, -0.15) is 0 Å². The van der Waals surface area contributed by atoms with Crippen LogP contribution in [0, 0.1) is 0 Å². The molecule has 0 bridgehead atoms. The minimum atomic E-state index is -0.314. The van der Waals surface area contributed by atoms with Gasteiger partial charge in [-0.25, -0.2) is 4.79 Å². The molecule has 2 aromatic rings. The minimum absolute atomic E-state index is 0.314. The normalized spacial score (nSPS) is 10.4. The van der Waals surface area contributed by atoms with Crippen LogP contribution in [0.15, 0.2) is 24.3 Å². The van der Waals surface area contributed by atoms with Gasteiger partial charge in [0.2, 0.25) is 0 Å². The number of nitrogens with two attached hydrogens (primary N) is 1. The van der Waals surface area contributed by atoms with Crippen LogP contribution in [-0.2, 0) is 4.74 Å². The van der Waals surface area contributed by atoms with E-state index in [0.29, 0.717) is 10.6 Å². The Balaban J connectivity index is 2.62. The molecule has 4 heteroatoms. The van der Waals surface area contributed by atoms with E-state index in [2.05, 4.69) is 4.74 Å². The quantitative estimate of drug-likeness (QED) is 0.576. The van der Waals surface area contributed by atoms with Crippen LogP contribution in [0.25, 0.3) is 10.1 Å². The molecular formula is C10H9NO2S. The van der Waals surface area contributed by atoms with Gasteiger partial charge in [0.05, 0.1) is 7.11 Å². The molecule has 1 aromatic heterocycles. The maximum atomic E-state index is 11.2. The number of methoxy groups -OCH3 is 1. The van der Waals surface area contributed by atoms with E-state index in [9.17, 15) is 4.79 Å². The molecular weight excluding hydrogens is 198 g/mol. The number of esters is 1. The van der Waals surface area contributed by atoms with Crippen LogP contribution >= 0.6 is 11.3 Å². The van der Waals surface area contributed by atoms with Gasteiger partial charge in [0, 0.05) is 15.8 Å². The molecule has 14 heavy (non-hydrogen) atoms. The average Bonchev–Trinajstić information content (AvgIpc) is 2.62. The Morgan fingerprint density at radius 3 is 2.93 bits per heavy atom. The highest BCUT2D eigenvalue weighted by atomic mass is 32.1.